The van der Waals surface area contributed by atoms with E-state index in [2.05, 4.69) is 35.6 Å². The number of pyridine rings is 1. The Morgan fingerprint density at radius 3 is 2.68 bits per heavy atom. The molecule has 5 rings (SSSR count). The van der Waals surface area contributed by atoms with Crippen molar-refractivity contribution in [3.63, 3.8) is 0 Å². The van der Waals surface area contributed by atoms with Crippen LogP contribution in [0.2, 0.25) is 0 Å². The standard InChI is InChI=1S/C28H31N7O5S/c1-4-20-18(14-31-24(23(20)26(37)38)22-15(2)34-40-16(22)3)13-29-12-17-6-9-35(10-7-17)27-30-8-5-19(32-27)11-21-25(36)33-28(39)41-21/h5,8,11,14,17,29H,4,6-7,9-10,12-13H2,1-3H3,(H,37,38)(H,33,36,39). The van der Waals surface area contributed by atoms with Gasteiger partial charge >= 0.3 is 5.97 Å². The second kappa shape index (κ2) is 12.2. The molecule has 2 saturated heterocycles. The lowest BCUT2D eigenvalue weighted by Crippen LogP contribution is -2.38. The molecular weight excluding hydrogens is 546 g/mol. The zero-order chi connectivity index (χ0) is 29.1. The van der Waals surface area contributed by atoms with Gasteiger partial charge in [-0.25, -0.2) is 14.8 Å². The van der Waals surface area contributed by atoms with Crippen molar-refractivity contribution >= 4 is 40.9 Å². The van der Waals surface area contributed by atoms with E-state index in [1.165, 1.54) is 0 Å². The van der Waals surface area contributed by atoms with Gasteiger partial charge in [0.15, 0.2) is 0 Å². The highest BCUT2D eigenvalue weighted by atomic mass is 32.2. The number of nitrogens with one attached hydrogen (secondary N) is 2. The lowest BCUT2D eigenvalue weighted by atomic mass is 9.94. The number of hydrogen-bond acceptors (Lipinski definition) is 11. The van der Waals surface area contributed by atoms with E-state index >= 15 is 0 Å². The maximum Gasteiger partial charge on any atom is 0.338 e. The summed E-state index contributed by atoms with van der Waals surface area (Å²) in [5, 5.41) is 19.4. The number of thioether (sulfide) groups is 1. The zero-order valence-corrected chi connectivity index (χ0v) is 23.9. The Kier molecular flexibility index (Phi) is 8.45. The van der Waals surface area contributed by atoms with Crippen molar-refractivity contribution in [1.82, 2.24) is 30.7 Å². The van der Waals surface area contributed by atoms with E-state index in [0.717, 1.165) is 55.4 Å². The molecule has 214 valence electrons. The van der Waals surface area contributed by atoms with E-state index in [1.54, 1.807) is 38.4 Å². The normalized spacial score (nSPS) is 17.0. The summed E-state index contributed by atoms with van der Waals surface area (Å²) in [4.78, 5) is 51.5. The fourth-order valence-corrected chi connectivity index (χ4v) is 5.95. The van der Waals surface area contributed by atoms with Crippen LogP contribution in [0.25, 0.3) is 17.3 Å². The lowest BCUT2D eigenvalue weighted by Gasteiger charge is -2.32. The van der Waals surface area contributed by atoms with Crippen molar-refractivity contribution in [2.24, 2.45) is 5.92 Å². The predicted octanol–water partition coefficient (Wildman–Crippen LogP) is 3.73. The van der Waals surface area contributed by atoms with Gasteiger partial charge in [0.05, 0.1) is 33.1 Å². The molecule has 3 N–H and O–H groups in total. The van der Waals surface area contributed by atoms with Gasteiger partial charge in [0.25, 0.3) is 11.1 Å². The van der Waals surface area contributed by atoms with Crippen LogP contribution >= 0.6 is 11.8 Å². The Bertz CT molecular complexity index is 1510. The first-order valence-electron chi connectivity index (χ1n) is 13.5. The van der Waals surface area contributed by atoms with Crippen LogP contribution in [0.15, 0.2) is 27.9 Å². The second-order valence-electron chi connectivity index (χ2n) is 10.0. The summed E-state index contributed by atoms with van der Waals surface area (Å²) in [5.41, 5.74) is 4.04. The van der Waals surface area contributed by atoms with E-state index in [-0.39, 0.29) is 10.8 Å². The first-order chi connectivity index (χ1) is 19.7. The summed E-state index contributed by atoms with van der Waals surface area (Å²) in [6.45, 7) is 8.38. The molecule has 3 aromatic rings. The number of carbonyl (C=O) groups is 3. The van der Waals surface area contributed by atoms with E-state index in [4.69, 9.17) is 4.52 Å². The molecule has 0 unspecified atom stereocenters. The highest BCUT2D eigenvalue weighted by Gasteiger charge is 2.27. The van der Waals surface area contributed by atoms with Gasteiger partial charge in [-0.1, -0.05) is 12.1 Å². The van der Waals surface area contributed by atoms with Crippen molar-refractivity contribution in [2.45, 2.75) is 46.6 Å². The van der Waals surface area contributed by atoms with Crippen LogP contribution in [-0.2, 0) is 17.8 Å². The van der Waals surface area contributed by atoms with Gasteiger partial charge in [0, 0.05) is 32.0 Å². The number of hydrogen-bond donors (Lipinski definition) is 3. The summed E-state index contributed by atoms with van der Waals surface area (Å²) in [7, 11) is 0. The molecule has 3 aromatic heterocycles. The quantitative estimate of drug-likeness (QED) is 0.316. The summed E-state index contributed by atoms with van der Waals surface area (Å²) in [5.74, 6) is 0.159. The highest BCUT2D eigenvalue weighted by molar-refractivity contribution is 8.18. The van der Waals surface area contributed by atoms with Crippen molar-refractivity contribution in [3.05, 3.63) is 57.2 Å². The van der Waals surface area contributed by atoms with Crippen LogP contribution < -0.4 is 15.5 Å². The molecule has 12 nitrogen and oxygen atoms in total. The highest BCUT2D eigenvalue weighted by Crippen LogP contribution is 2.32. The maximum atomic E-state index is 12.3. The Morgan fingerprint density at radius 1 is 1.27 bits per heavy atom. The smallest absolute Gasteiger partial charge is 0.338 e. The number of aromatic nitrogens is 4. The summed E-state index contributed by atoms with van der Waals surface area (Å²) in [6, 6.07) is 1.71. The van der Waals surface area contributed by atoms with E-state index < -0.39 is 11.9 Å². The Morgan fingerprint density at radius 2 is 2.05 bits per heavy atom. The Hall–Kier alpha value is -4.10. The first-order valence-corrected chi connectivity index (χ1v) is 14.3. The topological polar surface area (TPSA) is 163 Å². The molecule has 2 fully saturated rings. The number of anilines is 1. The third kappa shape index (κ3) is 6.15. The molecule has 0 aromatic carbocycles. The molecule has 2 aliphatic rings. The van der Waals surface area contributed by atoms with Gasteiger partial charge in [-0.15, -0.1) is 0 Å². The molecule has 13 heteroatoms. The molecular formula is C28H31N7O5S. The van der Waals surface area contributed by atoms with Crippen molar-refractivity contribution < 1.29 is 24.0 Å². The second-order valence-corrected chi connectivity index (χ2v) is 11.1. The number of amides is 2. The van der Waals surface area contributed by atoms with Crippen molar-refractivity contribution in [2.75, 3.05) is 24.5 Å². The number of nitrogens with zero attached hydrogens (tertiary/aromatic N) is 5. The minimum Gasteiger partial charge on any atom is -0.478 e. The van der Waals surface area contributed by atoms with Crippen molar-refractivity contribution in [3.8, 4) is 11.3 Å². The monoisotopic (exact) mass is 577 g/mol. The molecule has 0 saturated carbocycles. The average molecular weight is 578 g/mol. The van der Waals surface area contributed by atoms with Gasteiger partial charge in [-0.05, 0) is 80.6 Å². The summed E-state index contributed by atoms with van der Waals surface area (Å²) < 4.78 is 5.26. The summed E-state index contributed by atoms with van der Waals surface area (Å²) >= 11 is 0.863. The van der Waals surface area contributed by atoms with E-state index in [1.807, 2.05) is 6.92 Å². The van der Waals surface area contributed by atoms with Gasteiger partial charge in [-0.3, -0.25) is 19.9 Å². The predicted molar refractivity (Wildman–Crippen MR) is 153 cm³/mol. The average Bonchev–Trinajstić information content (AvgIpc) is 3.46. The van der Waals surface area contributed by atoms with Crippen molar-refractivity contribution in [1.29, 1.82) is 0 Å². The Labute approximate surface area is 241 Å². The first kappa shape index (κ1) is 28.4. The van der Waals surface area contributed by atoms with Gasteiger partial charge in [-0.2, -0.15) is 0 Å². The van der Waals surface area contributed by atoms with Gasteiger partial charge in [0.2, 0.25) is 5.95 Å². The SMILES string of the molecule is CCc1c(CNCC2CCN(c3nccc(C=C4SC(=O)NC4=O)n3)CC2)cnc(-c2c(C)noc2C)c1C(=O)O. The van der Waals surface area contributed by atoms with Crippen LogP contribution in [0.1, 0.15) is 58.4 Å². The maximum absolute atomic E-state index is 12.3. The third-order valence-corrected chi connectivity index (χ3v) is 8.16. The van der Waals surface area contributed by atoms with Crippen LogP contribution in [0, 0.1) is 19.8 Å². The van der Waals surface area contributed by atoms with Crippen LogP contribution in [0.3, 0.4) is 0 Å². The lowest BCUT2D eigenvalue weighted by molar-refractivity contribution is -0.115. The summed E-state index contributed by atoms with van der Waals surface area (Å²) in [6.07, 6.45) is 7.46. The molecule has 0 bridgehead atoms. The Balaban J connectivity index is 1.19. The number of carbonyl (C=O) groups excluding carboxylic acids is 2. The third-order valence-electron chi connectivity index (χ3n) is 7.34. The number of aromatic carboxylic acids is 1. The molecule has 2 amide bonds. The number of carboxylic acids is 1. The number of imide groups is 1. The van der Waals surface area contributed by atoms with E-state index in [0.29, 0.717) is 58.1 Å². The number of piperidine rings is 1. The molecule has 5 heterocycles. The fourth-order valence-electron chi connectivity index (χ4n) is 5.28. The van der Waals surface area contributed by atoms with Crippen LogP contribution in [-0.4, -0.2) is 62.0 Å². The largest absolute Gasteiger partial charge is 0.478 e. The van der Waals surface area contributed by atoms with Gasteiger partial charge in [0.1, 0.15) is 5.76 Å². The number of rotatable bonds is 9. The molecule has 0 spiro atoms. The van der Waals surface area contributed by atoms with Gasteiger partial charge < -0.3 is 19.8 Å². The van der Waals surface area contributed by atoms with Crippen LogP contribution in [0.4, 0.5) is 10.7 Å². The van der Waals surface area contributed by atoms with Crippen LogP contribution in [0.5, 0.6) is 0 Å². The molecule has 0 atom stereocenters. The molecule has 0 radical (unpaired) electrons. The molecule has 41 heavy (non-hydrogen) atoms. The molecule has 0 aliphatic carbocycles. The zero-order valence-electron chi connectivity index (χ0n) is 23.1. The van der Waals surface area contributed by atoms with E-state index in [9.17, 15) is 19.5 Å². The minimum atomic E-state index is -1.01. The fraction of sp³-hybridized carbons (Fsp3) is 0.393. The minimum absolute atomic E-state index is 0.200. The molecule has 2 aliphatic heterocycles. The number of aryl methyl sites for hydroxylation is 2. The number of carboxylic acid groups (broad SMARTS) is 1.